The Morgan fingerprint density at radius 2 is 2.03 bits per heavy atom. The molecule has 2 aliphatic rings. The molecule has 0 radical (unpaired) electrons. The summed E-state index contributed by atoms with van der Waals surface area (Å²) in [5.41, 5.74) is 4.10. The van der Waals surface area contributed by atoms with E-state index in [1.165, 1.54) is 5.57 Å². The summed E-state index contributed by atoms with van der Waals surface area (Å²) < 4.78 is 0. The van der Waals surface area contributed by atoms with Crippen LogP contribution >= 0.6 is 11.6 Å². The van der Waals surface area contributed by atoms with Crippen LogP contribution in [0.1, 0.15) is 36.0 Å². The molecule has 0 bridgehead atoms. The Morgan fingerprint density at radius 1 is 1.17 bits per heavy atom. The number of hydrogen-bond donors (Lipinski definition) is 1. The summed E-state index contributed by atoms with van der Waals surface area (Å²) in [6.07, 6.45) is 9.98. The van der Waals surface area contributed by atoms with E-state index < -0.39 is 0 Å². The largest absolute Gasteiger partial charge is 0.339 e. The Kier molecular flexibility index (Phi) is 5.76. The Labute approximate surface area is 175 Å². The van der Waals surface area contributed by atoms with Crippen LogP contribution in [0.2, 0.25) is 5.02 Å². The van der Waals surface area contributed by atoms with Crippen molar-refractivity contribution in [2.75, 3.05) is 18.4 Å². The SMILES string of the molecule is O=C1CCc2cc(/C=C/C(=O)N3CCC=C(c4ccccc4Cl)CC3)cnc2N1. The smallest absolute Gasteiger partial charge is 0.246 e. The first-order valence-electron chi connectivity index (χ1n) is 9.80. The van der Waals surface area contributed by atoms with Crippen molar-refractivity contribution in [1.82, 2.24) is 9.88 Å². The molecule has 0 fully saturated rings. The summed E-state index contributed by atoms with van der Waals surface area (Å²) in [6.45, 7) is 1.35. The van der Waals surface area contributed by atoms with Gasteiger partial charge in [0.05, 0.1) is 0 Å². The van der Waals surface area contributed by atoms with Crippen LogP contribution in [-0.4, -0.2) is 34.8 Å². The highest BCUT2D eigenvalue weighted by Crippen LogP contribution is 2.28. The molecule has 4 rings (SSSR count). The van der Waals surface area contributed by atoms with Crippen LogP contribution in [0.4, 0.5) is 5.82 Å². The van der Waals surface area contributed by atoms with Crippen molar-refractivity contribution >= 4 is 40.9 Å². The van der Waals surface area contributed by atoms with Gasteiger partial charge in [-0.2, -0.15) is 0 Å². The molecule has 0 saturated heterocycles. The third kappa shape index (κ3) is 4.57. The summed E-state index contributed by atoms with van der Waals surface area (Å²) in [5, 5.41) is 3.51. The second-order valence-electron chi connectivity index (χ2n) is 7.23. The second-order valence-corrected chi connectivity index (χ2v) is 7.64. The van der Waals surface area contributed by atoms with Crippen molar-refractivity contribution < 1.29 is 9.59 Å². The molecular formula is C23H22ClN3O2. The fourth-order valence-electron chi connectivity index (χ4n) is 3.69. The van der Waals surface area contributed by atoms with E-state index >= 15 is 0 Å². The van der Waals surface area contributed by atoms with Gasteiger partial charge in [-0.25, -0.2) is 4.98 Å². The maximum Gasteiger partial charge on any atom is 0.246 e. The highest BCUT2D eigenvalue weighted by Gasteiger charge is 2.17. The van der Waals surface area contributed by atoms with Gasteiger partial charge in [-0.3, -0.25) is 9.59 Å². The Balaban J connectivity index is 1.39. The molecule has 1 N–H and O–H groups in total. The summed E-state index contributed by atoms with van der Waals surface area (Å²) in [7, 11) is 0. The molecule has 0 aliphatic carbocycles. The minimum atomic E-state index is -0.00941. The first kappa shape index (κ1) is 19.4. The average Bonchev–Trinajstić information content (AvgIpc) is 2.98. The van der Waals surface area contributed by atoms with Crippen molar-refractivity contribution in [2.45, 2.75) is 25.7 Å². The van der Waals surface area contributed by atoms with E-state index in [-0.39, 0.29) is 11.8 Å². The normalized spacial score (nSPS) is 16.8. The zero-order valence-electron chi connectivity index (χ0n) is 16.0. The van der Waals surface area contributed by atoms with Gasteiger partial charge in [0.25, 0.3) is 0 Å². The molecule has 148 valence electrons. The number of nitrogens with zero attached hydrogens (tertiary/aromatic N) is 2. The van der Waals surface area contributed by atoms with E-state index in [4.69, 9.17) is 11.6 Å². The maximum absolute atomic E-state index is 12.7. The van der Waals surface area contributed by atoms with E-state index in [0.29, 0.717) is 31.7 Å². The van der Waals surface area contributed by atoms with Crippen molar-refractivity contribution in [3.8, 4) is 0 Å². The molecule has 0 atom stereocenters. The van der Waals surface area contributed by atoms with Crippen LogP contribution in [0.3, 0.4) is 0 Å². The van der Waals surface area contributed by atoms with E-state index in [9.17, 15) is 9.59 Å². The molecule has 29 heavy (non-hydrogen) atoms. The molecule has 2 aromatic rings. The highest BCUT2D eigenvalue weighted by atomic mass is 35.5. The van der Waals surface area contributed by atoms with Gasteiger partial charge in [-0.15, -0.1) is 0 Å². The number of carbonyl (C=O) groups is 2. The Hall–Kier alpha value is -2.92. The van der Waals surface area contributed by atoms with Gasteiger partial charge >= 0.3 is 0 Å². The summed E-state index contributed by atoms with van der Waals surface area (Å²) in [5.74, 6) is 0.606. The van der Waals surface area contributed by atoms with Crippen molar-refractivity contribution in [1.29, 1.82) is 0 Å². The number of pyridine rings is 1. The van der Waals surface area contributed by atoms with Crippen molar-refractivity contribution in [3.05, 3.63) is 70.4 Å². The van der Waals surface area contributed by atoms with Gasteiger partial charge in [0.15, 0.2) is 0 Å². The number of hydrogen-bond acceptors (Lipinski definition) is 3. The summed E-state index contributed by atoms with van der Waals surface area (Å²) in [6, 6.07) is 9.80. The standard InChI is InChI=1S/C23H22ClN3O2/c24-20-6-2-1-5-19(20)17-4-3-12-27(13-11-17)22(29)10-7-16-14-18-8-9-21(28)26-23(18)25-15-16/h1-2,4-7,10,14-15H,3,8-9,11-13H2,(H,25,26,28)/b10-7+. The predicted octanol–water partition coefficient (Wildman–Crippen LogP) is 4.34. The quantitative estimate of drug-likeness (QED) is 0.770. The first-order chi connectivity index (χ1) is 14.1. The lowest BCUT2D eigenvalue weighted by Gasteiger charge is -2.19. The van der Waals surface area contributed by atoms with Crippen molar-refractivity contribution in [2.24, 2.45) is 0 Å². The topological polar surface area (TPSA) is 62.3 Å². The molecule has 0 unspecified atom stereocenters. The molecular weight excluding hydrogens is 386 g/mol. The Bertz CT molecular complexity index is 1010. The molecule has 3 heterocycles. The van der Waals surface area contributed by atoms with E-state index in [1.807, 2.05) is 35.2 Å². The van der Waals surface area contributed by atoms with Crippen LogP contribution in [0.15, 0.2) is 48.7 Å². The monoisotopic (exact) mass is 407 g/mol. The number of nitrogens with one attached hydrogen (secondary N) is 1. The number of halogens is 1. The third-order valence-electron chi connectivity index (χ3n) is 5.26. The second kappa shape index (κ2) is 8.62. The molecule has 2 aliphatic heterocycles. The molecule has 0 spiro atoms. The van der Waals surface area contributed by atoms with E-state index in [0.717, 1.165) is 34.6 Å². The van der Waals surface area contributed by atoms with Gasteiger partial charge in [0, 0.05) is 36.8 Å². The fourth-order valence-corrected chi connectivity index (χ4v) is 3.95. The number of rotatable bonds is 3. The van der Waals surface area contributed by atoms with Gasteiger partial charge in [0.1, 0.15) is 5.82 Å². The first-order valence-corrected chi connectivity index (χ1v) is 10.2. The number of aryl methyl sites for hydroxylation is 1. The molecule has 5 nitrogen and oxygen atoms in total. The number of anilines is 1. The summed E-state index contributed by atoms with van der Waals surface area (Å²) >= 11 is 6.32. The number of amides is 2. The van der Waals surface area contributed by atoms with Crippen molar-refractivity contribution in [3.63, 3.8) is 0 Å². The van der Waals surface area contributed by atoms with Crippen LogP contribution in [-0.2, 0) is 16.0 Å². The van der Waals surface area contributed by atoms with E-state index in [2.05, 4.69) is 16.4 Å². The van der Waals surface area contributed by atoms with Gasteiger partial charge in [-0.05, 0) is 59.7 Å². The minimum Gasteiger partial charge on any atom is -0.339 e. The van der Waals surface area contributed by atoms with Gasteiger partial charge in [-0.1, -0.05) is 35.9 Å². The molecule has 1 aromatic heterocycles. The average molecular weight is 408 g/mol. The molecule has 1 aromatic carbocycles. The number of benzene rings is 1. The molecule has 0 saturated carbocycles. The predicted molar refractivity (Wildman–Crippen MR) is 115 cm³/mol. The fraction of sp³-hybridized carbons (Fsp3) is 0.261. The minimum absolute atomic E-state index is 0.00518. The maximum atomic E-state index is 12.7. The highest BCUT2D eigenvalue weighted by molar-refractivity contribution is 6.32. The lowest BCUT2D eigenvalue weighted by atomic mass is 10.0. The van der Waals surface area contributed by atoms with Crippen LogP contribution in [0, 0.1) is 0 Å². The number of fused-ring (bicyclic) bond motifs is 1. The molecule has 2 amide bonds. The van der Waals surface area contributed by atoms with Gasteiger partial charge in [0.2, 0.25) is 11.8 Å². The third-order valence-corrected chi connectivity index (χ3v) is 5.59. The Morgan fingerprint density at radius 3 is 2.90 bits per heavy atom. The number of aromatic nitrogens is 1. The summed E-state index contributed by atoms with van der Waals surface area (Å²) in [4.78, 5) is 30.3. The van der Waals surface area contributed by atoms with E-state index in [1.54, 1.807) is 18.3 Å². The molecule has 6 heteroatoms. The zero-order chi connectivity index (χ0) is 20.2. The number of carbonyl (C=O) groups excluding carboxylic acids is 2. The lowest BCUT2D eigenvalue weighted by Crippen LogP contribution is -2.30. The zero-order valence-corrected chi connectivity index (χ0v) is 16.8. The van der Waals surface area contributed by atoms with Crippen LogP contribution < -0.4 is 5.32 Å². The van der Waals surface area contributed by atoms with Gasteiger partial charge < -0.3 is 10.2 Å². The van der Waals surface area contributed by atoms with Crippen LogP contribution in [0.25, 0.3) is 11.6 Å². The van der Waals surface area contributed by atoms with Crippen LogP contribution in [0.5, 0.6) is 0 Å². The lowest BCUT2D eigenvalue weighted by molar-refractivity contribution is -0.125.